The first-order valence-corrected chi connectivity index (χ1v) is 6.67. The van der Waals surface area contributed by atoms with E-state index < -0.39 is 0 Å². The Kier molecular flexibility index (Phi) is 4.07. The minimum absolute atomic E-state index is 0.0780. The highest BCUT2D eigenvalue weighted by Crippen LogP contribution is 2.22. The molecule has 0 heterocycles. The normalized spacial score (nSPS) is 10.3. The van der Waals surface area contributed by atoms with Gasteiger partial charge in [-0.05, 0) is 52.9 Å². The molecule has 2 aromatic carbocycles. The average molecular weight is 377 g/mol. The predicted molar refractivity (Wildman–Crippen MR) is 79.1 cm³/mol. The first-order valence-electron chi connectivity index (χ1n) is 4.83. The fourth-order valence-corrected chi connectivity index (χ4v) is 2.14. The van der Waals surface area contributed by atoms with E-state index in [1.807, 2.05) is 6.07 Å². The maximum Gasteiger partial charge on any atom is 0.193 e. The molecule has 4 heteroatoms. The molecule has 0 saturated carbocycles. The van der Waals surface area contributed by atoms with Crippen molar-refractivity contribution < 1.29 is 4.79 Å². The Bertz CT molecular complexity index is 581. The maximum absolute atomic E-state index is 12.1. The first kappa shape index (κ1) is 12.9. The minimum atomic E-state index is -0.0780. The lowest BCUT2D eigenvalue weighted by atomic mass is 10.0. The molecule has 0 unspecified atom stereocenters. The van der Waals surface area contributed by atoms with Crippen molar-refractivity contribution in [1.29, 1.82) is 0 Å². The molecule has 0 aromatic heterocycles. The van der Waals surface area contributed by atoms with Gasteiger partial charge in [-0.1, -0.05) is 35.3 Å². The highest BCUT2D eigenvalue weighted by Gasteiger charge is 2.10. The summed E-state index contributed by atoms with van der Waals surface area (Å²) in [6.45, 7) is 0. The lowest BCUT2D eigenvalue weighted by Gasteiger charge is -2.03. The summed E-state index contributed by atoms with van der Waals surface area (Å²) in [5.41, 5.74) is 1.13. The van der Waals surface area contributed by atoms with E-state index in [4.69, 9.17) is 23.2 Å². The average Bonchev–Trinajstić information content (AvgIpc) is 2.32. The number of hydrogen-bond donors (Lipinski definition) is 0. The zero-order valence-corrected chi connectivity index (χ0v) is 12.3. The second-order valence-electron chi connectivity index (χ2n) is 3.47. The number of hydrogen-bond acceptors (Lipinski definition) is 1. The molecule has 0 aliphatic heterocycles. The molecule has 0 fully saturated rings. The molecule has 1 nitrogen and oxygen atoms in total. The second kappa shape index (κ2) is 5.38. The molecule has 17 heavy (non-hydrogen) atoms. The molecule has 2 aromatic rings. The lowest BCUT2D eigenvalue weighted by molar-refractivity contribution is 0.103. The van der Waals surface area contributed by atoms with Crippen molar-refractivity contribution in [2.45, 2.75) is 0 Å². The highest BCUT2D eigenvalue weighted by molar-refractivity contribution is 14.1. The van der Waals surface area contributed by atoms with E-state index >= 15 is 0 Å². The van der Waals surface area contributed by atoms with E-state index in [0.29, 0.717) is 21.2 Å². The Hall–Kier alpha value is -0.580. The third kappa shape index (κ3) is 3.00. The molecule has 0 aliphatic rings. The molecule has 0 atom stereocenters. The van der Waals surface area contributed by atoms with Crippen LogP contribution in [0.2, 0.25) is 10.0 Å². The van der Waals surface area contributed by atoms with Gasteiger partial charge in [0.25, 0.3) is 0 Å². The van der Waals surface area contributed by atoms with Crippen LogP contribution in [0, 0.1) is 3.57 Å². The van der Waals surface area contributed by atoms with Crippen molar-refractivity contribution in [2.75, 3.05) is 0 Å². The fraction of sp³-hybridized carbons (Fsp3) is 0. The predicted octanol–water partition coefficient (Wildman–Crippen LogP) is 4.83. The first-order chi connectivity index (χ1) is 8.08. The van der Waals surface area contributed by atoms with Crippen LogP contribution in [0.5, 0.6) is 0 Å². The third-order valence-corrected chi connectivity index (χ3v) is 4.08. The Morgan fingerprint density at radius 1 is 1.00 bits per heavy atom. The van der Waals surface area contributed by atoms with Gasteiger partial charge < -0.3 is 0 Å². The van der Waals surface area contributed by atoms with Crippen molar-refractivity contribution in [3.05, 3.63) is 67.2 Å². The lowest BCUT2D eigenvalue weighted by Crippen LogP contribution is -2.01. The van der Waals surface area contributed by atoms with Gasteiger partial charge >= 0.3 is 0 Å². The minimum Gasteiger partial charge on any atom is -0.289 e. The second-order valence-corrected chi connectivity index (χ2v) is 5.47. The van der Waals surface area contributed by atoms with Gasteiger partial charge in [0.2, 0.25) is 0 Å². The van der Waals surface area contributed by atoms with Crippen LogP contribution in [0.3, 0.4) is 0 Å². The zero-order chi connectivity index (χ0) is 12.4. The molecule has 0 amide bonds. The van der Waals surface area contributed by atoms with Crippen LogP contribution in [0.25, 0.3) is 0 Å². The number of halogens is 3. The van der Waals surface area contributed by atoms with E-state index in [9.17, 15) is 4.79 Å². The van der Waals surface area contributed by atoms with Crippen LogP contribution in [-0.2, 0) is 0 Å². The van der Waals surface area contributed by atoms with E-state index in [1.165, 1.54) is 0 Å². The van der Waals surface area contributed by atoms with Gasteiger partial charge in [-0.25, -0.2) is 0 Å². The van der Waals surface area contributed by atoms with Crippen molar-refractivity contribution in [3.8, 4) is 0 Å². The van der Waals surface area contributed by atoms with Gasteiger partial charge in [-0.2, -0.15) is 0 Å². The molecule has 86 valence electrons. The summed E-state index contributed by atoms with van der Waals surface area (Å²) in [5, 5.41) is 1.13. The molecule has 0 radical (unpaired) electrons. The van der Waals surface area contributed by atoms with Crippen LogP contribution in [-0.4, -0.2) is 5.78 Å². The largest absolute Gasteiger partial charge is 0.289 e. The number of rotatable bonds is 2. The molecule has 2 rings (SSSR count). The van der Waals surface area contributed by atoms with Crippen LogP contribution in [0.15, 0.2) is 42.5 Å². The summed E-state index contributed by atoms with van der Waals surface area (Å²) in [6.07, 6.45) is 0. The molecule has 0 saturated heterocycles. The monoisotopic (exact) mass is 376 g/mol. The number of carbonyl (C=O) groups excluding carboxylic acids is 1. The van der Waals surface area contributed by atoms with Gasteiger partial charge in [0.05, 0.1) is 5.02 Å². The smallest absolute Gasteiger partial charge is 0.193 e. The van der Waals surface area contributed by atoms with Gasteiger partial charge in [0, 0.05) is 19.7 Å². The van der Waals surface area contributed by atoms with E-state index in [0.717, 1.165) is 3.57 Å². The van der Waals surface area contributed by atoms with Crippen LogP contribution in [0.1, 0.15) is 15.9 Å². The summed E-state index contributed by atoms with van der Waals surface area (Å²) in [5.74, 6) is -0.0780. The number of benzene rings is 2. The van der Waals surface area contributed by atoms with Crippen molar-refractivity contribution in [2.24, 2.45) is 0 Å². The third-order valence-electron chi connectivity index (χ3n) is 2.27. The van der Waals surface area contributed by atoms with Crippen LogP contribution in [0.4, 0.5) is 0 Å². The SMILES string of the molecule is O=C(c1cccc(Cl)c1)c1ccc(I)c(Cl)c1. The number of ketones is 1. The molecule has 0 N–H and O–H groups in total. The zero-order valence-electron chi connectivity index (χ0n) is 8.58. The van der Waals surface area contributed by atoms with E-state index in [1.54, 1.807) is 36.4 Å². The topological polar surface area (TPSA) is 17.1 Å². The summed E-state index contributed by atoms with van der Waals surface area (Å²) in [7, 11) is 0. The molecule has 0 aliphatic carbocycles. The van der Waals surface area contributed by atoms with Gasteiger partial charge in [0.15, 0.2) is 5.78 Å². The van der Waals surface area contributed by atoms with Crippen molar-refractivity contribution in [1.82, 2.24) is 0 Å². The molecular weight excluding hydrogens is 370 g/mol. The number of carbonyl (C=O) groups is 1. The van der Waals surface area contributed by atoms with E-state index in [-0.39, 0.29) is 5.78 Å². The Morgan fingerprint density at radius 2 is 1.71 bits per heavy atom. The molecule has 0 bridgehead atoms. The Morgan fingerprint density at radius 3 is 2.35 bits per heavy atom. The van der Waals surface area contributed by atoms with Gasteiger partial charge in [-0.3, -0.25) is 4.79 Å². The Labute approximate surface area is 123 Å². The fourth-order valence-electron chi connectivity index (χ4n) is 1.43. The summed E-state index contributed by atoms with van der Waals surface area (Å²) in [4.78, 5) is 12.1. The van der Waals surface area contributed by atoms with Crippen molar-refractivity contribution in [3.63, 3.8) is 0 Å². The Balaban J connectivity index is 2.40. The van der Waals surface area contributed by atoms with E-state index in [2.05, 4.69) is 22.6 Å². The molecular formula is C13H7Cl2IO. The van der Waals surface area contributed by atoms with Crippen molar-refractivity contribution >= 4 is 51.6 Å². The standard InChI is InChI=1S/C13H7Cl2IO/c14-10-3-1-2-8(6-10)13(17)9-4-5-12(16)11(15)7-9/h1-7H. The van der Waals surface area contributed by atoms with Crippen LogP contribution >= 0.6 is 45.8 Å². The van der Waals surface area contributed by atoms with Gasteiger partial charge in [0.1, 0.15) is 0 Å². The summed E-state index contributed by atoms with van der Waals surface area (Å²) in [6, 6.07) is 12.1. The van der Waals surface area contributed by atoms with Gasteiger partial charge in [-0.15, -0.1) is 0 Å². The maximum atomic E-state index is 12.1. The quantitative estimate of drug-likeness (QED) is 0.542. The summed E-state index contributed by atoms with van der Waals surface area (Å²) < 4.78 is 0.923. The van der Waals surface area contributed by atoms with Crippen LogP contribution < -0.4 is 0 Å². The summed E-state index contributed by atoms with van der Waals surface area (Å²) >= 11 is 14.0. The molecule has 0 spiro atoms. The highest BCUT2D eigenvalue weighted by atomic mass is 127.